The summed E-state index contributed by atoms with van der Waals surface area (Å²) < 4.78 is 0. The van der Waals surface area contributed by atoms with Crippen molar-refractivity contribution < 1.29 is 4.79 Å². The molecule has 0 aromatic heterocycles. The fourth-order valence-corrected chi connectivity index (χ4v) is 3.38. The SMILES string of the molecule is CC(C)CC(C)(C)C(=O)NC(CN)C1CCCCC1.Cl. The van der Waals surface area contributed by atoms with Crippen molar-refractivity contribution in [3.63, 3.8) is 0 Å². The van der Waals surface area contributed by atoms with Gasteiger partial charge in [-0.25, -0.2) is 0 Å². The van der Waals surface area contributed by atoms with E-state index in [1.54, 1.807) is 0 Å². The predicted octanol–water partition coefficient (Wildman–Crippen LogP) is 3.50. The normalized spacial score (nSPS) is 18.5. The van der Waals surface area contributed by atoms with Crippen LogP contribution >= 0.6 is 12.4 Å². The van der Waals surface area contributed by atoms with Gasteiger partial charge in [0.2, 0.25) is 5.91 Å². The Kier molecular flexibility index (Phi) is 8.76. The van der Waals surface area contributed by atoms with E-state index in [1.807, 2.05) is 13.8 Å². The monoisotopic (exact) mass is 304 g/mol. The molecule has 1 unspecified atom stereocenters. The summed E-state index contributed by atoms with van der Waals surface area (Å²) in [6, 6.07) is 0.166. The molecule has 1 saturated carbocycles. The van der Waals surface area contributed by atoms with Crippen LogP contribution in [0.25, 0.3) is 0 Å². The van der Waals surface area contributed by atoms with Crippen molar-refractivity contribution in [2.24, 2.45) is 23.0 Å². The average molecular weight is 305 g/mol. The van der Waals surface area contributed by atoms with Crippen LogP contribution < -0.4 is 11.1 Å². The second kappa shape index (κ2) is 8.89. The second-order valence-electron chi connectivity index (χ2n) is 7.20. The Bertz CT molecular complexity index is 286. The van der Waals surface area contributed by atoms with Gasteiger partial charge in [-0.2, -0.15) is 0 Å². The first-order valence-corrected chi connectivity index (χ1v) is 7.88. The van der Waals surface area contributed by atoms with Crippen molar-refractivity contribution in [3.8, 4) is 0 Å². The van der Waals surface area contributed by atoms with Crippen molar-refractivity contribution in [2.45, 2.75) is 72.3 Å². The summed E-state index contributed by atoms with van der Waals surface area (Å²) >= 11 is 0. The Hall–Kier alpha value is -0.280. The fraction of sp³-hybridized carbons (Fsp3) is 0.938. The Labute approximate surface area is 130 Å². The van der Waals surface area contributed by atoms with Crippen molar-refractivity contribution in [1.29, 1.82) is 0 Å². The molecule has 1 aliphatic rings. The zero-order valence-electron chi connectivity index (χ0n) is 13.6. The van der Waals surface area contributed by atoms with Crippen LogP contribution in [0, 0.1) is 17.3 Å². The molecule has 0 heterocycles. The molecule has 1 aliphatic carbocycles. The van der Waals surface area contributed by atoms with Crippen LogP contribution in [0.5, 0.6) is 0 Å². The number of carbonyl (C=O) groups excluding carboxylic acids is 1. The van der Waals surface area contributed by atoms with Crippen LogP contribution in [0.15, 0.2) is 0 Å². The summed E-state index contributed by atoms with van der Waals surface area (Å²) in [4.78, 5) is 12.4. The smallest absolute Gasteiger partial charge is 0.225 e. The summed E-state index contributed by atoms with van der Waals surface area (Å²) in [6.07, 6.45) is 7.25. The molecule has 0 saturated heterocycles. The van der Waals surface area contributed by atoms with Crippen LogP contribution in [0.1, 0.15) is 66.2 Å². The van der Waals surface area contributed by atoms with E-state index in [9.17, 15) is 4.79 Å². The number of nitrogens with one attached hydrogen (secondary N) is 1. The Morgan fingerprint density at radius 2 is 1.80 bits per heavy atom. The van der Waals surface area contributed by atoms with Gasteiger partial charge in [0, 0.05) is 18.0 Å². The van der Waals surface area contributed by atoms with E-state index in [2.05, 4.69) is 19.2 Å². The maximum Gasteiger partial charge on any atom is 0.225 e. The van der Waals surface area contributed by atoms with Gasteiger partial charge in [0.25, 0.3) is 0 Å². The summed E-state index contributed by atoms with van der Waals surface area (Å²) in [6.45, 7) is 8.97. The van der Waals surface area contributed by atoms with Crippen molar-refractivity contribution in [1.82, 2.24) is 5.32 Å². The first kappa shape index (κ1) is 19.7. The number of halogens is 1. The Balaban J connectivity index is 0.00000361. The molecular weight excluding hydrogens is 272 g/mol. The molecule has 120 valence electrons. The highest BCUT2D eigenvalue weighted by molar-refractivity contribution is 5.85. The van der Waals surface area contributed by atoms with Crippen LogP contribution in [0.2, 0.25) is 0 Å². The zero-order chi connectivity index (χ0) is 14.5. The fourth-order valence-electron chi connectivity index (χ4n) is 3.38. The number of carbonyl (C=O) groups is 1. The van der Waals surface area contributed by atoms with Gasteiger partial charge in [-0.1, -0.05) is 47.0 Å². The van der Waals surface area contributed by atoms with E-state index in [1.165, 1.54) is 32.1 Å². The summed E-state index contributed by atoms with van der Waals surface area (Å²) in [5, 5.41) is 3.22. The number of rotatable bonds is 6. The van der Waals surface area contributed by atoms with Gasteiger partial charge in [0.15, 0.2) is 0 Å². The van der Waals surface area contributed by atoms with Gasteiger partial charge in [-0.3, -0.25) is 4.79 Å². The highest BCUT2D eigenvalue weighted by atomic mass is 35.5. The summed E-state index contributed by atoms with van der Waals surface area (Å²) in [5.74, 6) is 1.28. The molecule has 0 aromatic carbocycles. The molecule has 1 atom stereocenters. The van der Waals surface area contributed by atoms with Gasteiger partial charge in [0.05, 0.1) is 0 Å². The lowest BCUT2D eigenvalue weighted by molar-refractivity contribution is -0.131. The maximum atomic E-state index is 12.4. The van der Waals surface area contributed by atoms with Gasteiger partial charge in [-0.15, -0.1) is 12.4 Å². The molecular formula is C16H33ClN2O. The van der Waals surface area contributed by atoms with Gasteiger partial charge in [-0.05, 0) is 31.1 Å². The van der Waals surface area contributed by atoms with Crippen LogP contribution in [-0.4, -0.2) is 18.5 Å². The molecule has 0 bridgehead atoms. The largest absolute Gasteiger partial charge is 0.351 e. The first-order valence-electron chi connectivity index (χ1n) is 7.88. The van der Waals surface area contributed by atoms with Crippen molar-refractivity contribution in [2.75, 3.05) is 6.54 Å². The summed E-state index contributed by atoms with van der Waals surface area (Å²) in [7, 11) is 0. The summed E-state index contributed by atoms with van der Waals surface area (Å²) in [5.41, 5.74) is 5.59. The number of hydrogen-bond acceptors (Lipinski definition) is 2. The third-order valence-electron chi connectivity index (χ3n) is 4.32. The predicted molar refractivity (Wildman–Crippen MR) is 88.0 cm³/mol. The lowest BCUT2D eigenvalue weighted by atomic mass is 9.81. The van der Waals surface area contributed by atoms with Gasteiger partial charge >= 0.3 is 0 Å². The van der Waals surface area contributed by atoms with E-state index in [-0.39, 0.29) is 29.8 Å². The lowest BCUT2D eigenvalue weighted by Gasteiger charge is -2.33. The molecule has 3 N–H and O–H groups in total. The van der Waals surface area contributed by atoms with Crippen LogP contribution in [0.4, 0.5) is 0 Å². The van der Waals surface area contributed by atoms with E-state index in [0.717, 1.165) is 6.42 Å². The highest BCUT2D eigenvalue weighted by Gasteiger charge is 2.32. The molecule has 0 aromatic rings. The first-order chi connectivity index (χ1) is 8.86. The van der Waals surface area contributed by atoms with Crippen LogP contribution in [-0.2, 0) is 4.79 Å². The molecule has 0 spiro atoms. The maximum absolute atomic E-state index is 12.4. The molecule has 1 fully saturated rings. The molecule has 4 heteroatoms. The molecule has 3 nitrogen and oxygen atoms in total. The number of hydrogen-bond donors (Lipinski definition) is 2. The minimum Gasteiger partial charge on any atom is -0.351 e. The second-order valence-corrected chi connectivity index (χ2v) is 7.20. The van der Waals surface area contributed by atoms with Crippen molar-refractivity contribution in [3.05, 3.63) is 0 Å². The van der Waals surface area contributed by atoms with E-state index in [4.69, 9.17) is 5.73 Å². The van der Waals surface area contributed by atoms with Crippen molar-refractivity contribution >= 4 is 18.3 Å². The molecule has 1 amide bonds. The van der Waals surface area contributed by atoms with Gasteiger partial charge < -0.3 is 11.1 Å². The standard InChI is InChI=1S/C16H32N2O.ClH/c1-12(2)10-16(3,4)15(19)18-14(11-17)13-8-6-5-7-9-13;/h12-14H,5-11,17H2,1-4H3,(H,18,19);1H. The zero-order valence-corrected chi connectivity index (χ0v) is 14.4. The molecule has 0 aliphatic heterocycles. The molecule has 20 heavy (non-hydrogen) atoms. The van der Waals surface area contributed by atoms with Gasteiger partial charge in [0.1, 0.15) is 0 Å². The van der Waals surface area contributed by atoms with E-state index in [0.29, 0.717) is 18.4 Å². The topological polar surface area (TPSA) is 55.1 Å². The third-order valence-corrected chi connectivity index (χ3v) is 4.32. The number of nitrogens with two attached hydrogens (primary N) is 1. The molecule has 1 rings (SSSR count). The molecule has 0 radical (unpaired) electrons. The third kappa shape index (κ3) is 6.01. The quantitative estimate of drug-likeness (QED) is 0.789. The highest BCUT2D eigenvalue weighted by Crippen LogP contribution is 2.29. The van der Waals surface area contributed by atoms with E-state index >= 15 is 0 Å². The Morgan fingerprint density at radius 1 is 1.25 bits per heavy atom. The van der Waals surface area contributed by atoms with Crippen LogP contribution in [0.3, 0.4) is 0 Å². The van der Waals surface area contributed by atoms with E-state index < -0.39 is 0 Å². The minimum atomic E-state index is -0.295. The Morgan fingerprint density at radius 3 is 2.25 bits per heavy atom. The lowest BCUT2D eigenvalue weighted by Crippen LogP contribution is -2.50. The number of amides is 1. The average Bonchev–Trinajstić information content (AvgIpc) is 2.35. The minimum absolute atomic E-state index is 0.